The fourth-order valence-electron chi connectivity index (χ4n) is 4.66. The zero-order valence-corrected chi connectivity index (χ0v) is 11.6. The highest BCUT2D eigenvalue weighted by atomic mass is 16.3. The van der Waals surface area contributed by atoms with Crippen molar-refractivity contribution in [1.82, 2.24) is 0 Å². The van der Waals surface area contributed by atoms with E-state index < -0.39 is 0 Å². The highest BCUT2D eigenvalue weighted by Crippen LogP contribution is 2.59. The Bertz CT molecular complexity index is 453. The lowest BCUT2D eigenvalue weighted by Crippen LogP contribution is -2.52. The zero-order chi connectivity index (χ0) is 12.8. The Morgan fingerprint density at radius 2 is 2.06 bits per heavy atom. The van der Waals surface area contributed by atoms with E-state index in [0.717, 1.165) is 19.3 Å². The van der Waals surface area contributed by atoms with E-state index in [1.165, 1.54) is 19.3 Å². The Hall–Kier alpha value is -0.820. The summed E-state index contributed by atoms with van der Waals surface area (Å²) in [6.07, 6.45) is 6.64. The molecule has 1 heteroatoms. The highest BCUT2D eigenvalue weighted by Gasteiger charge is 2.53. The van der Waals surface area contributed by atoms with Crippen LogP contribution in [0, 0.1) is 5.41 Å². The smallest absolute Gasteiger partial charge is 0.0546 e. The van der Waals surface area contributed by atoms with Crippen molar-refractivity contribution in [3.8, 4) is 0 Å². The van der Waals surface area contributed by atoms with Gasteiger partial charge in [0.15, 0.2) is 0 Å². The topological polar surface area (TPSA) is 20.2 Å². The van der Waals surface area contributed by atoms with Gasteiger partial charge in [0, 0.05) is 0 Å². The lowest BCUT2D eigenvalue weighted by Gasteiger charge is -2.57. The van der Waals surface area contributed by atoms with Crippen molar-refractivity contribution in [2.75, 3.05) is 0 Å². The third kappa shape index (κ3) is 1.50. The fourth-order valence-corrected chi connectivity index (χ4v) is 4.66. The number of rotatable bonds is 1. The number of benzene rings is 1. The molecule has 3 rings (SSSR count). The quantitative estimate of drug-likeness (QED) is 0.796. The van der Waals surface area contributed by atoms with Crippen molar-refractivity contribution in [2.24, 2.45) is 5.41 Å². The van der Waals surface area contributed by atoms with E-state index in [1.807, 2.05) is 0 Å². The van der Waals surface area contributed by atoms with Gasteiger partial charge in [-0.25, -0.2) is 0 Å². The summed E-state index contributed by atoms with van der Waals surface area (Å²) < 4.78 is 0. The first-order chi connectivity index (χ1) is 8.61. The van der Waals surface area contributed by atoms with Crippen LogP contribution >= 0.6 is 0 Å². The van der Waals surface area contributed by atoms with E-state index in [0.29, 0.717) is 5.41 Å². The molecule has 0 aromatic heterocycles. The normalized spacial score (nSPS) is 38.9. The number of aryl methyl sites for hydroxylation is 1. The van der Waals surface area contributed by atoms with Gasteiger partial charge in [0.25, 0.3) is 0 Å². The van der Waals surface area contributed by atoms with Crippen LogP contribution in [0.4, 0.5) is 0 Å². The van der Waals surface area contributed by atoms with Gasteiger partial charge in [0.2, 0.25) is 0 Å². The SMILES string of the molecule is CCC12CCc3ccccc3C1(C)CCC(O)C2. The summed E-state index contributed by atoms with van der Waals surface area (Å²) in [5.41, 5.74) is 3.69. The van der Waals surface area contributed by atoms with Crippen molar-refractivity contribution >= 4 is 0 Å². The van der Waals surface area contributed by atoms with Gasteiger partial charge in [-0.2, -0.15) is 0 Å². The fraction of sp³-hybridized carbons (Fsp3) is 0.647. The number of hydrogen-bond acceptors (Lipinski definition) is 1. The molecule has 18 heavy (non-hydrogen) atoms. The van der Waals surface area contributed by atoms with Crippen molar-refractivity contribution in [3.05, 3.63) is 35.4 Å². The molecule has 1 aromatic rings. The largest absolute Gasteiger partial charge is 0.393 e. The van der Waals surface area contributed by atoms with Crippen LogP contribution in [0.1, 0.15) is 57.1 Å². The predicted octanol–water partition coefficient (Wildman–Crippen LogP) is 3.83. The van der Waals surface area contributed by atoms with Gasteiger partial charge in [-0.15, -0.1) is 0 Å². The molecule has 3 atom stereocenters. The molecule has 1 nitrogen and oxygen atoms in total. The van der Waals surface area contributed by atoms with Crippen LogP contribution < -0.4 is 0 Å². The first-order valence-electron chi connectivity index (χ1n) is 7.38. The predicted molar refractivity (Wildman–Crippen MR) is 74.7 cm³/mol. The van der Waals surface area contributed by atoms with Crippen LogP contribution in [0.2, 0.25) is 0 Å². The van der Waals surface area contributed by atoms with Gasteiger partial charge in [-0.1, -0.05) is 38.1 Å². The molecule has 1 saturated carbocycles. The molecule has 0 heterocycles. The number of aliphatic hydroxyl groups is 1. The second kappa shape index (κ2) is 4.09. The van der Waals surface area contributed by atoms with Crippen LogP contribution in [-0.4, -0.2) is 11.2 Å². The summed E-state index contributed by atoms with van der Waals surface area (Å²) in [7, 11) is 0. The summed E-state index contributed by atoms with van der Waals surface area (Å²) in [6.45, 7) is 4.75. The van der Waals surface area contributed by atoms with Gasteiger partial charge in [-0.3, -0.25) is 0 Å². The molecule has 98 valence electrons. The number of aliphatic hydroxyl groups excluding tert-OH is 1. The lowest BCUT2D eigenvalue weighted by atomic mass is 9.48. The minimum absolute atomic E-state index is 0.0803. The Kier molecular flexibility index (Phi) is 2.78. The molecular weight excluding hydrogens is 220 g/mol. The average Bonchev–Trinajstić information content (AvgIpc) is 2.40. The minimum Gasteiger partial charge on any atom is -0.393 e. The molecule has 0 amide bonds. The zero-order valence-electron chi connectivity index (χ0n) is 11.6. The Labute approximate surface area is 110 Å². The lowest BCUT2D eigenvalue weighted by molar-refractivity contribution is -0.0295. The van der Waals surface area contributed by atoms with E-state index in [4.69, 9.17) is 0 Å². The van der Waals surface area contributed by atoms with Crippen molar-refractivity contribution in [3.63, 3.8) is 0 Å². The Morgan fingerprint density at radius 3 is 2.83 bits per heavy atom. The molecule has 0 radical (unpaired) electrons. The van der Waals surface area contributed by atoms with E-state index in [9.17, 15) is 5.11 Å². The van der Waals surface area contributed by atoms with E-state index in [-0.39, 0.29) is 11.5 Å². The van der Waals surface area contributed by atoms with Gasteiger partial charge in [-0.05, 0) is 60.5 Å². The number of hydrogen-bond donors (Lipinski definition) is 1. The third-order valence-corrected chi connectivity index (χ3v) is 5.94. The number of fused-ring (bicyclic) bond motifs is 3. The summed E-state index contributed by atoms with van der Waals surface area (Å²) >= 11 is 0. The molecule has 1 fully saturated rings. The van der Waals surface area contributed by atoms with E-state index in [2.05, 4.69) is 38.1 Å². The monoisotopic (exact) mass is 244 g/mol. The van der Waals surface area contributed by atoms with Gasteiger partial charge in [0.05, 0.1) is 6.10 Å². The van der Waals surface area contributed by atoms with Crippen LogP contribution in [0.5, 0.6) is 0 Å². The van der Waals surface area contributed by atoms with Crippen LogP contribution in [0.3, 0.4) is 0 Å². The van der Waals surface area contributed by atoms with Crippen molar-refractivity contribution in [2.45, 2.75) is 63.9 Å². The van der Waals surface area contributed by atoms with Gasteiger partial charge >= 0.3 is 0 Å². The Balaban J connectivity index is 2.12. The maximum absolute atomic E-state index is 10.1. The van der Waals surface area contributed by atoms with E-state index >= 15 is 0 Å². The Morgan fingerprint density at radius 1 is 1.28 bits per heavy atom. The second-order valence-corrected chi connectivity index (χ2v) is 6.52. The molecule has 1 N–H and O–H groups in total. The molecule has 2 aliphatic rings. The molecule has 0 aliphatic heterocycles. The molecule has 0 saturated heterocycles. The van der Waals surface area contributed by atoms with Crippen LogP contribution in [0.25, 0.3) is 0 Å². The maximum Gasteiger partial charge on any atom is 0.0546 e. The molecule has 1 aromatic carbocycles. The molecule has 3 unspecified atom stereocenters. The second-order valence-electron chi connectivity index (χ2n) is 6.52. The highest BCUT2D eigenvalue weighted by molar-refractivity contribution is 5.40. The molecule has 2 aliphatic carbocycles. The van der Waals surface area contributed by atoms with Crippen molar-refractivity contribution in [1.29, 1.82) is 0 Å². The first kappa shape index (κ1) is 12.2. The standard InChI is InChI=1S/C17H24O/c1-3-17-11-8-13-6-4-5-7-15(13)16(17,2)10-9-14(18)12-17/h4-7,14,18H,3,8-12H2,1-2H3. The maximum atomic E-state index is 10.1. The summed E-state index contributed by atoms with van der Waals surface area (Å²) in [5, 5.41) is 10.1. The summed E-state index contributed by atoms with van der Waals surface area (Å²) in [5.74, 6) is 0. The molecule has 0 spiro atoms. The van der Waals surface area contributed by atoms with Gasteiger partial charge in [0.1, 0.15) is 0 Å². The van der Waals surface area contributed by atoms with E-state index in [1.54, 1.807) is 11.1 Å². The average molecular weight is 244 g/mol. The molecule has 0 bridgehead atoms. The minimum atomic E-state index is -0.0803. The summed E-state index contributed by atoms with van der Waals surface area (Å²) in [4.78, 5) is 0. The third-order valence-electron chi connectivity index (χ3n) is 5.94. The first-order valence-corrected chi connectivity index (χ1v) is 7.38. The summed E-state index contributed by atoms with van der Waals surface area (Å²) in [6, 6.07) is 8.97. The van der Waals surface area contributed by atoms with Gasteiger partial charge < -0.3 is 5.11 Å². The van der Waals surface area contributed by atoms with Crippen molar-refractivity contribution < 1.29 is 5.11 Å². The van der Waals surface area contributed by atoms with Crippen LogP contribution in [-0.2, 0) is 11.8 Å². The molecular formula is C17H24O. The van der Waals surface area contributed by atoms with Crippen LogP contribution in [0.15, 0.2) is 24.3 Å².